The van der Waals surface area contributed by atoms with Crippen LogP contribution in [0.2, 0.25) is 0 Å². The molecule has 5 rings (SSSR count). The summed E-state index contributed by atoms with van der Waals surface area (Å²) < 4.78 is 40.2. The van der Waals surface area contributed by atoms with Crippen LogP contribution in [0.15, 0.2) is 53.4 Å². The van der Waals surface area contributed by atoms with Crippen molar-refractivity contribution >= 4 is 10.0 Å². The molecule has 32 heavy (non-hydrogen) atoms. The largest absolute Gasteiger partial charge is 0.504 e. The molecule has 0 fully saturated rings. The summed E-state index contributed by atoms with van der Waals surface area (Å²) in [5.74, 6) is 0.738. The number of aromatic hydroxyl groups is 1. The predicted octanol–water partition coefficient (Wildman–Crippen LogP) is 4.23. The first-order valence-electron chi connectivity index (χ1n) is 10.5. The van der Waals surface area contributed by atoms with Gasteiger partial charge in [-0.2, -0.15) is 4.31 Å². The molecule has 0 spiro atoms. The molecule has 3 aromatic carbocycles. The van der Waals surface area contributed by atoms with E-state index in [2.05, 4.69) is 0 Å². The lowest BCUT2D eigenvalue weighted by Crippen LogP contribution is -2.42. The van der Waals surface area contributed by atoms with Crippen LogP contribution in [0.4, 0.5) is 0 Å². The smallest absolute Gasteiger partial charge is 0.243 e. The zero-order valence-corrected chi connectivity index (χ0v) is 19.1. The number of phenolic OH excluding ortho intramolecular Hbond substituents is 1. The average molecular weight is 452 g/mol. The highest BCUT2D eigenvalue weighted by Gasteiger charge is 2.44. The minimum Gasteiger partial charge on any atom is -0.504 e. The molecule has 0 unspecified atom stereocenters. The quantitative estimate of drug-likeness (QED) is 0.643. The first kappa shape index (κ1) is 20.8. The summed E-state index contributed by atoms with van der Waals surface area (Å²) in [6.45, 7) is 2.21. The van der Waals surface area contributed by atoms with Crippen LogP contribution >= 0.6 is 0 Å². The van der Waals surface area contributed by atoms with E-state index < -0.39 is 16.1 Å². The first-order chi connectivity index (χ1) is 15.4. The van der Waals surface area contributed by atoms with Crippen molar-refractivity contribution in [3.8, 4) is 28.4 Å². The third kappa shape index (κ3) is 2.92. The minimum atomic E-state index is -3.74. The molecule has 0 aromatic heterocycles. The van der Waals surface area contributed by atoms with E-state index in [0.717, 1.165) is 33.4 Å². The number of hydrogen-bond acceptors (Lipinski definition) is 5. The SMILES string of the molecule is COc1c(O)c2c3c(c1OC)-c1ccccc1C[C@H]3N(S(=O)(=O)c1ccc(C)cc1)CC2. The molecule has 1 N–H and O–H groups in total. The van der Waals surface area contributed by atoms with Crippen LogP contribution in [0, 0.1) is 6.92 Å². The predicted molar refractivity (Wildman–Crippen MR) is 122 cm³/mol. The van der Waals surface area contributed by atoms with Crippen molar-refractivity contribution < 1.29 is 23.0 Å². The number of nitrogens with zero attached hydrogens (tertiary/aromatic N) is 1. The number of rotatable bonds is 4. The number of ether oxygens (including phenoxy) is 2. The Hall–Kier alpha value is -3.03. The zero-order valence-electron chi connectivity index (χ0n) is 18.3. The van der Waals surface area contributed by atoms with Crippen LogP contribution in [0.25, 0.3) is 11.1 Å². The Morgan fingerprint density at radius 1 is 1.00 bits per heavy atom. The normalized spacial score (nSPS) is 17.4. The molecule has 0 amide bonds. The Kier molecular flexibility index (Phi) is 4.91. The van der Waals surface area contributed by atoms with Gasteiger partial charge in [0, 0.05) is 17.7 Å². The second-order valence-electron chi connectivity index (χ2n) is 8.24. The molecule has 7 heteroatoms. The van der Waals surface area contributed by atoms with Crippen molar-refractivity contribution in [3.05, 3.63) is 70.8 Å². The van der Waals surface area contributed by atoms with Crippen LogP contribution in [-0.4, -0.2) is 38.6 Å². The van der Waals surface area contributed by atoms with E-state index in [1.165, 1.54) is 14.2 Å². The third-order valence-corrected chi connectivity index (χ3v) is 8.45. The second kappa shape index (κ2) is 7.53. The fraction of sp³-hybridized carbons (Fsp3) is 0.280. The van der Waals surface area contributed by atoms with Gasteiger partial charge >= 0.3 is 0 Å². The van der Waals surface area contributed by atoms with E-state index in [4.69, 9.17) is 9.47 Å². The Balaban J connectivity index is 1.77. The molecule has 1 aliphatic heterocycles. The number of fused-ring (bicyclic) bond motifs is 2. The fourth-order valence-corrected chi connectivity index (χ4v) is 6.64. The number of methoxy groups -OCH3 is 2. The molecular weight excluding hydrogens is 426 g/mol. The lowest BCUT2D eigenvalue weighted by Gasteiger charge is -2.41. The van der Waals surface area contributed by atoms with Gasteiger partial charge in [0.05, 0.1) is 25.2 Å². The van der Waals surface area contributed by atoms with Crippen molar-refractivity contribution in [1.29, 1.82) is 0 Å². The summed E-state index contributed by atoms with van der Waals surface area (Å²) in [7, 11) is -0.699. The Labute approximate surface area is 188 Å². The van der Waals surface area contributed by atoms with Gasteiger partial charge in [0.15, 0.2) is 11.5 Å². The van der Waals surface area contributed by atoms with Crippen LogP contribution < -0.4 is 9.47 Å². The zero-order chi connectivity index (χ0) is 22.6. The molecule has 1 heterocycles. The van der Waals surface area contributed by atoms with Crippen molar-refractivity contribution in [1.82, 2.24) is 4.31 Å². The van der Waals surface area contributed by atoms with Gasteiger partial charge in [-0.25, -0.2) is 8.42 Å². The Bertz CT molecular complexity index is 1320. The molecule has 1 aliphatic carbocycles. The van der Waals surface area contributed by atoms with E-state index in [0.29, 0.717) is 18.6 Å². The summed E-state index contributed by atoms with van der Waals surface area (Å²) in [5, 5.41) is 11.0. The molecule has 0 saturated carbocycles. The summed E-state index contributed by atoms with van der Waals surface area (Å²) >= 11 is 0. The van der Waals surface area contributed by atoms with Crippen LogP contribution in [0.1, 0.15) is 28.3 Å². The van der Waals surface area contributed by atoms with Gasteiger partial charge in [-0.05, 0) is 48.6 Å². The van der Waals surface area contributed by atoms with Crippen molar-refractivity contribution in [3.63, 3.8) is 0 Å². The highest BCUT2D eigenvalue weighted by Crippen LogP contribution is 2.57. The lowest BCUT2D eigenvalue weighted by atomic mass is 9.77. The van der Waals surface area contributed by atoms with E-state index in [9.17, 15) is 13.5 Å². The maximum atomic E-state index is 13.7. The highest BCUT2D eigenvalue weighted by molar-refractivity contribution is 7.89. The standard InChI is InChI=1S/C25H25NO5S/c1-15-8-10-17(11-9-15)32(28,29)26-13-12-19-21-20(26)14-16-6-4-5-7-18(16)22(21)24(30-2)25(31-3)23(19)27/h4-11,20,27H,12-14H2,1-3H3/t20-/m1/s1. The molecule has 166 valence electrons. The minimum absolute atomic E-state index is 0.0277. The summed E-state index contributed by atoms with van der Waals surface area (Å²) in [6, 6.07) is 14.4. The molecule has 0 bridgehead atoms. The molecule has 1 atom stereocenters. The van der Waals surface area contributed by atoms with E-state index in [1.54, 1.807) is 16.4 Å². The van der Waals surface area contributed by atoms with Gasteiger partial charge in [0.1, 0.15) is 0 Å². The Morgan fingerprint density at radius 2 is 1.69 bits per heavy atom. The molecule has 6 nitrogen and oxygen atoms in total. The van der Waals surface area contributed by atoms with Crippen molar-refractivity contribution in [2.24, 2.45) is 0 Å². The molecule has 0 radical (unpaired) electrons. The van der Waals surface area contributed by atoms with Gasteiger partial charge in [-0.1, -0.05) is 42.0 Å². The van der Waals surface area contributed by atoms with Gasteiger partial charge < -0.3 is 14.6 Å². The summed E-state index contributed by atoms with van der Waals surface area (Å²) in [6.07, 6.45) is 0.911. The number of phenols is 1. The number of hydrogen-bond donors (Lipinski definition) is 1. The maximum Gasteiger partial charge on any atom is 0.243 e. The first-order valence-corrected chi connectivity index (χ1v) is 12.0. The number of aryl methyl sites for hydroxylation is 1. The second-order valence-corrected chi connectivity index (χ2v) is 10.1. The Morgan fingerprint density at radius 3 is 2.38 bits per heavy atom. The summed E-state index contributed by atoms with van der Waals surface area (Å²) in [5.41, 5.74) is 5.35. The van der Waals surface area contributed by atoms with E-state index in [1.807, 2.05) is 43.3 Å². The number of benzene rings is 3. The molecular formula is C25H25NO5S. The topological polar surface area (TPSA) is 76.1 Å². The van der Waals surface area contributed by atoms with Crippen molar-refractivity contribution in [2.45, 2.75) is 30.7 Å². The van der Waals surface area contributed by atoms with Gasteiger partial charge in [-0.3, -0.25) is 0 Å². The molecule has 3 aromatic rings. The van der Waals surface area contributed by atoms with Gasteiger partial charge in [0.2, 0.25) is 15.8 Å². The van der Waals surface area contributed by atoms with Crippen molar-refractivity contribution in [2.75, 3.05) is 20.8 Å². The van der Waals surface area contributed by atoms with Crippen LogP contribution in [-0.2, 0) is 22.9 Å². The lowest BCUT2D eigenvalue weighted by molar-refractivity contribution is 0.289. The third-order valence-electron chi connectivity index (χ3n) is 6.53. The fourth-order valence-electron chi connectivity index (χ4n) is 5.04. The maximum absolute atomic E-state index is 13.7. The molecule has 0 saturated heterocycles. The van der Waals surface area contributed by atoms with E-state index >= 15 is 0 Å². The average Bonchev–Trinajstić information content (AvgIpc) is 2.80. The van der Waals surface area contributed by atoms with Crippen LogP contribution in [0.3, 0.4) is 0 Å². The number of sulfonamides is 1. The van der Waals surface area contributed by atoms with E-state index in [-0.39, 0.29) is 22.9 Å². The van der Waals surface area contributed by atoms with Gasteiger partial charge in [0.25, 0.3) is 0 Å². The van der Waals surface area contributed by atoms with Crippen LogP contribution in [0.5, 0.6) is 17.2 Å². The monoisotopic (exact) mass is 451 g/mol. The summed E-state index contributed by atoms with van der Waals surface area (Å²) in [4.78, 5) is 0.275. The highest BCUT2D eigenvalue weighted by atomic mass is 32.2. The molecule has 2 aliphatic rings. The van der Waals surface area contributed by atoms with Gasteiger partial charge in [-0.15, -0.1) is 0 Å².